The van der Waals surface area contributed by atoms with Crippen molar-refractivity contribution in [2.75, 3.05) is 10.6 Å². The number of amides is 1. The molecule has 1 heterocycles. The van der Waals surface area contributed by atoms with Crippen LogP contribution in [0.15, 0.2) is 36.4 Å². The van der Waals surface area contributed by atoms with Gasteiger partial charge in [-0.25, -0.2) is 0 Å². The molecule has 0 radical (unpaired) electrons. The number of nitrogens with zero attached hydrogens (tertiary/aromatic N) is 1. The fourth-order valence-electron chi connectivity index (χ4n) is 1.64. The molecule has 0 saturated heterocycles. The van der Waals surface area contributed by atoms with Crippen LogP contribution in [0.1, 0.15) is 23.1 Å². The molecule has 0 saturated carbocycles. The van der Waals surface area contributed by atoms with E-state index in [0.29, 0.717) is 13.0 Å². The van der Waals surface area contributed by atoms with Crippen molar-refractivity contribution in [3.63, 3.8) is 0 Å². The van der Waals surface area contributed by atoms with Gasteiger partial charge in [0, 0.05) is 29.2 Å². The molecule has 0 aliphatic rings. The van der Waals surface area contributed by atoms with Crippen molar-refractivity contribution in [2.24, 2.45) is 0 Å². The van der Waals surface area contributed by atoms with Crippen molar-refractivity contribution in [1.82, 2.24) is 0 Å². The van der Waals surface area contributed by atoms with Crippen LogP contribution in [0.5, 0.6) is 0 Å². The summed E-state index contributed by atoms with van der Waals surface area (Å²) < 4.78 is 0. The van der Waals surface area contributed by atoms with Gasteiger partial charge in [0.25, 0.3) is 0 Å². The SMILES string of the molecule is CCC(=O)Nc1ccc(NCc2ccc(C#N)s2)cc1. The average Bonchev–Trinajstić information content (AvgIpc) is 2.94. The fourth-order valence-corrected chi connectivity index (χ4v) is 2.39. The molecule has 0 unspecified atom stereocenters. The molecule has 2 aromatic rings. The lowest BCUT2D eigenvalue weighted by Crippen LogP contribution is -2.09. The molecule has 0 aliphatic heterocycles. The Morgan fingerprint density at radius 3 is 2.50 bits per heavy atom. The maximum atomic E-state index is 11.3. The van der Waals surface area contributed by atoms with E-state index in [9.17, 15) is 4.79 Å². The predicted octanol–water partition coefficient (Wildman–Crippen LogP) is 3.58. The van der Waals surface area contributed by atoms with Gasteiger partial charge in [-0.2, -0.15) is 5.26 Å². The highest BCUT2D eigenvalue weighted by molar-refractivity contribution is 7.12. The van der Waals surface area contributed by atoms with Crippen molar-refractivity contribution in [3.8, 4) is 6.07 Å². The van der Waals surface area contributed by atoms with E-state index in [0.717, 1.165) is 21.1 Å². The van der Waals surface area contributed by atoms with Gasteiger partial charge in [-0.05, 0) is 36.4 Å². The van der Waals surface area contributed by atoms with Gasteiger partial charge in [0.05, 0.1) is 0 Å². The van der Waals surface area contributed by atoms with E-state index in [2.05, 4.69) is 16.7 Å². The average molecular weight is 285 g/mol. The number of carbonyl (C=O) groups is 1. The van der Waals surface area contributed by atoms with E-state index in [-0.39, 0.29) is 5.91 Å². The fraction of sp³-hybridized carbons (Fsp3) is 0.200. The summed E-state index contributed by atoms with van der Waals surface area (Å²) in [7, 11) is 0. The van der Waals surface area contributed by atoms with Crippen LogP contribution in [0, 0.1) is 11.3 Å². The van der Waals surface area contributed by atoms with Crippen LogP contribution in [0.2, 0.25) is 0 Å². The first kappa shape index (κ1) is 14.1. The molecule has 20 heavy (non-hydrogen) atoms. The van der Waals surface area contributed by atoms with Crippen LogP contribution < -0.4 is 10.6 Å². The van der Waals surface area contributed by atoms with Crippen LogP contribution in [0.3, 0.4) is 0 Å². The summed E-state index contributed by atoms with van der Waals surface area (Å²) in [5, 5.41) is 14.8. The third-order valence-electron chi connectivity index (χ3n) is 2.73. The summed E-state index contributed by atoms with van der Waals surface area (Å²) in [5.41, 5.74) is 1.77. The summed E-state index contributed by atoms with van der Waals surface area (Å²) in [6, 6.07) is 13.5. The molecule has 5 heteroatoms. The highest BCUT2D eigenvalue weighted by Gasteiger charge is 2.01. The Morgan fingerprint density at radius 1 is 1.20 bits per heavy atom. The zero-order valence-corrected chi connectivity index (χ0v) is 12.0. The van der Waals surface area contributed by atoms with Crippen molar-refractivity contribution in [1.29, 1.82) is 5.26 Å². The first-order valence-corrected chi connectivity index (χ1v) is 7.15. The zero-order valence-electron chi connectivity index (χ0n) is 11.1. The molecule has 0 bridgehead atoms. The number of nitriles is 1. The second-order valence-electron chi connectivity index (χ2n) is 4.21. The highest BCUT2D eigenvalue weighted by atomic mass is 32.1. The number of rotatable bonds is 5. The van der Waals surface area contributed by atoms with Crippen molar-refractivity contribution >= 4 is 28.6 Å². The summed E-state index contributed by atoms with van der Waals surface area (Å²) in [4.78, 5) is 13.1. The van der Waals surface area contributed by atoms with E-state index in [1.54, 1.807) is 0 Å². The van der Waals surface area contributed by atoms with E-state index < -0.39 is 0 Å². The van der Waals surface area contributed by atoms with Crippen LogP contribution in [-0.4, -0.2) is 5.91 Å². The summed E-state index contributed by atoms with van der Waals surface area (Å²) >= 11 is 1.49. The first-order chi connectivity index (χ1) is 9.71. The van der Waals surface area contributed by atoms with E-state index >= 15 is 0 Å². The number of hydrogen-bond acceptors (Lipinski definition) is 4. The Labute approximate surface area is 122 Å². The maximum absolute atomic E-state index is 11.3. The Kier molecular flexibility index (Phi) is 4.75. The Bertz CT molecular complexity index is 625. The first-order valence-electron chi connectivity index (χ1n) is 6.34. The molecule has 1 aromatic heterocycles. The normalized spacial score (nSPS) is 9.80. The molecule has 1 amide bonds. The Hall–Kier alpha value is -2.32. The largest absolute Gasteiger partial charge is 0.380 e. The van der Waals surface area contributed by atoms with E-state index in [1.165, 1.54) is 11.3 Å². The third kappa shape index (κ3) is 3.84. The molecule has 0 aliphatic carbocycles. The second kappa shape index (κ2) is 6.73. The van der Waals surface area contributed by atoms with Gasteiger partial charge < -0.3 is 10.6 Å². The molecular formula is C15H15N3OS. The smallest absolute Gasteiger partial charge is 0.224 e. The monoisotopic (exact) mass is 285 g/mol. The molecule has 2 rings (SSSR count). The molecule has 0 atom stereocenters. The standard InChI is InChI=1S/C15H15N3OS/c1-2-15(19)18-12-5-3-11(4-6-12)17-10-14-8-7-13(9-16)20-14/h3-8,17H,2,10H2,1H3,(H,18,19). The van der Waals surface area contributed by atoms with Crippen LogP contribution in [0.25, 0.3) is 0 Å². The topological polar surface area (TPSA) is 64.9 Å². The third-order valence-corrected chi connectivity index (χ3v) is 3.72. The Balaban J connectivity index is 1.90. The van der Waals surface area contributed by atoms with Gasteiger partial charge in [0.1, 0.15) is 10.9 Å². The molecule has 102 valence electrons. The number of hydrogen-bond donors (Lipinski definition) is 2. The zero-order chi connectivity index (χ0) is 14.4. The van der Waals surface area contributed by atoms with E-state index in [4.69, 9.17) is 5.26 Å². The molecule has 4 nitrogen and oxygen atoms in total. The van der Waals surface area contributed by atoms with Gasteiger partial charge in [-0.15, -0.1) is 11.3 Å². The molecule has 0 spiro atoms. The quantitative estimate of drug-likeness (QED) is 0.882. The van der Waals surface area contributed by atoms with Gasteiger partial charge in [0.15, 0.2) is 0 Å². The van der Waals surface area contributed by atoms with Gasteiger partial charge >= 0.3 is 0 Å². The van der Waals surface area contributed by atoms with Gasteiger partial charge in [-0.1, -0.05) is 6.92 Å². The second-order valence-corrected chi connectivity index (χ2v) is 5.38. The highest BCUT2D eigenvalue weighted by Crippen LogP contribution is 2.18. The number of thiophene rings is 1. The molecular weight excluding hydrogens is 270 g/mol. The summed E-state index contributed by atoms with van der Waals surface area (Å²) in [6.45, 7) is 2.51. The molecule has 0 fully saturated rings. The van der Waals surface area contributed by atoms with Gasteiger partial charge in [0.2, 0.25) is 5.91 Å². The van der Waals surface area contributed by atoms with Crippen LogP contribution >= 0.6 is 11.3 Å². The van der Waals surface area contributed by atoms with Crippen LogP contribution in [-0.2, 0) is 11.3 Å². The minimum Gasteiger partial charge on any atom is -0.380 e. The molecule has 1 aromatic carbocycles. The van der Waals surface area contributed by atoms with Gasteiger partial charge in [-0.3, -0.25) is 4.79 Å². The van der Waals surface area contributed by atoms with Crippen molar-refractivity contribution < 1.29 is 4.79 Å². The van der Waals surface area contributed by atoms with Crippen molar-refractivity contribution in [3.05, 3.63) is 46.2 Å². The predicted molar refractivity (Wildman–Crippen MR) is 81.7 cm³/mol. The summed E-state index contributed by atoms with van der Waals surface area (Å²) in [5.74, 6) is 0.00771. The number of nitrogens with one attached hydrogen (secondary N) is 2. The Morgan fingerprint density at radius 2 is 1.90 bits per heavy atom. The number of benzene rings is 1. The minimum atomic E-state index is 0.00771. The number of anilines is 2. The lowest BCUT2D eigenvalue weighted by Gasteiger charge is -2.07. The minimum absolute atomic E-state index is 0.00771. The van der Waals surface area contributed by atoms with E-state index in [1.807, 2.05) is 43.3 Å². The maximum Gasteiger partial charge on any atom is 0.224 e. The lowest BCUT2D eigenvalue weighted by atomic mass is 10.2. The molecule has 2 N–H and O–H groups in total. The van der Waals surface area contributed by atoms with Crippen LogP contribution in [0.4, 0.5) is 11.4 Å². The summed E-state index contributed by atoms with van der Waals surface area (Å²) in [6.07, 6.45) is 0.472. The number of carbonyl (C=O) groups excluding carboxylic acids is 1. The lowest BCUT2D eigenvalue weighted by molar-refractivity contribution is -0.115. The van der Waals surface area contributed by atoms with Crippen molar-refractivity contribution in [2.45, 2.75) is 19.9 Å².